The van der Waals surface area contributed by atoms with E-state index in [0.29, 0.717) is 11.1 Å². The van der Waals surface area contributed by atoms with E-state index in [1.165, 1.54) is 12.8 Å². The Kier molecular flexibility index (Phi) is 1.85. The third kappa shape index (κ3) is 1.54. The molecule has 0 radical (unpaired) electrons. The molecular formula is C7H6BrClN2. The third-order valence-corrected chi connectivity index (χ3v) is 2.83. The smallest absolute Gasteiger partial charge is 0.154 e. The number of hydrogen-bond acceptors (Lipinski definition) is 2. The topological polar surface area (TPSA) is 25.8 Å². The summed E-state index contributed by atoms with van der Waals surface area (Å²) in [5.41, 5.74) is 1.06. The zero-order chi connectivity index (χ0) is 7.84. The van der Waals surface area contributed by atoms with Gasteiger partial charge in [-0.3, -0.25) is 0 Å². The van der Waals surface area contributed by atoms with Crippen molar-refractivity contribution in [1.29, 1.82) is 0 Å². The van der Waals surface area contributed by atoms with Crippen LogP contribution in [-0.4, -0.2) is 10.2 Å². The van der Waals surface area contributed by atoms with Gasteiger partial charge < -0.3 is 0 Å². The molecule has 0 N–H and O–H groups in total. The van der Waals surface area contributed by atoms with Crippen LogP contribution in [0.4, 0.5) is 0 Å². The summed E-state index contributed by atoms with van der Waals surface area (Å²) in [6, 6.07) is 1.95. The fourth-order valence-electron chi connectivity index (χ4n) is 0.946. The Morgan fingerprint density at radius 1 is 1.45 bits per heavy atom. The first kappa shape index (κ1) is 7.50. The molecule has 58 valence electrons. The highest BCUT2D eigenvalue weighted by Gasteiger charge is 2.25. The van der Waals surface area contributed by atoms with Gasteiger partial charge in [0, 0.05) is 5.92 Å². The average molecular weight is 233 g/mol. The minimum Gasteiger partial charge on any atom is -0.154 e. The van der Waals surface area contributed by atoms with E-state index in [1.54, 1.807) is 0 Å². The Bertz CT molecular complexity index is 286. The lowest BCUT2D eigenvalue weighted by molar-refractivity contribution is 0.905. The molecule has 1 heterocycles. The highest BCUT2D eigenvalue weighted by atomic mass is 79.9. The maximum Gasteiger partial charge on any atom is 0.165 e. The number of hydrogen-bond donors (Lipinski definition) is 0. The molecule has 0 aromatic carbocycles. The van der Waals surface area contributed by atoms with Gasteiger partial charge in [0.1, 0.15) is 0 Å². The van der Waals surface area contributed by atoms with Crippen LogP contribution in [0.2, 0.25) is 5.15 Å². The van der Waals surface area contributed by atoms with Gasteiger partial charge in [0.05, 0.1) is 10.2 Å². The summed E-state index contributed by atoms with van der Waals surface area (Å²) in [5, 5.41) is 8.24. The van der Waals surface area contributed by atoms with Gasteiger partial charge in [-0.1, -0.05) is 11.6 Å². The van der Waals surface area contributed by atoms with Crippen LogP contribution in [0.3, 0.4) is 0 Å². The van der Waals surface area contributed by atoms with Crippen molar-refractivity contribution in [1.82, 2.24) is 10.2 Å². The zero-order valence-corrected chi connectivity index (χ0v) is 8.06. The van der Waals surface area contributed by atoms with Gasteiger partial charge >= 0.3 is 0 Å². The Balaban J connectivity index is 2.36. The predicted molar refractivity (Wildman–Crippen MR) is 46.7 cm³/mol. The van der Waals surface area contributed by atoms with Gasteiger partial charge in [0.15, 0.2) is 5.15 Å². The first-order valence-corrected chi connectivity index (χ1v) is 4.63. The summed E-state index contributed by atoms with van der Waals surface area (Å²) in [7, 11) is 0. The molecule has 0 amide bonds. The molecule has 1 aromatic rings. The second-order valence-electron chi connectivity index (χ2n) is 2.68. The molecule has 11 heavy (non-hydrogen) atoms. The molecule has 1 aromatic heterocycles. The molecule has 0 atom stereocenters. The average Bonchev–Trinajstić information content (AvgIpc) is 2.77. The third-order valence-electron chi connectivity index (χ3n) is 1.72. The fraction of sp³-hybridized carbons (Fsp3) is 0.429. The maximum absolute atomic E-state index is 5.69. The van der Waals surface area contributed by atoms with Crippen molar-refractivity contribution in [3.05, 3.63) is 21.4 Å². The number of aromatic nitrogens is 2. The molecule has 1 saturated carbocycles. The van der Waals surface area contributed by atoms with E-state index in [1.807, 2.05) is 6.07 Å². The highest BCUT2D eigenvalue weighted by Crippen LogP contribution is 2.39. The molecule has 0 aliphatic heterocycles. The quantitative estimate of drug-likeness (QED) is 0.745. The van der Waals surface area contributed by atoms with E-state index < -0.39 is 0 Å². The van der Waals surface area contributed by atoms with Crippen LogP contribution in [0, 0.1) is 0 Å². The van der Waals surface area contributed by atoms with Crippen molar-refractivity contribution in [3.8, 4) is 0 Å². The molecule has 1 aliphatic carbocycles. The first-order chi connectivity index (χ1) is 5.27. The number of rotatable bonds is 1. The lowest BCUT2D eigenvalue weighted by Gasteiger charge is -1.96. The van der Waals surface area contributed by atoms with Crippen molar-refractivity contribution in [2.75, 3.05) is 0 Å². The summed E-state index contributed by atoms with van der Waals surface area (Å²) in [6.07, 6.45) is 2.48. The predicted octanol–water partition coefficient (Wildman–Crippen LogP) is 2.77. The van der Waals surface area contributed by atoms with E-state index in [9.17, 15) is 0 Å². The molecule has 4 heteroatoms. The van der Waals surface area contributed by atoms with Gasteiger partial charge in [0.2, 0.25) is 0 Å². The van der Waals surface area contributed by atoms with Gasteiger partial charge in [-0.25, -0.2) is 0 Å². The summed E-state index contributed by atoms with van der Waals surface area (Å²) in [6.45, 7) is 0. The molecule has 0 bridgehead atoms. The van der Waals surface area contributed by atoms with Gasteiger partial charge in [-0.15, -0.1) is 5.10 Å². The van der Waals surface area contributed by atoms with E-state index in [-0.39, 0.29) is 0 Å². The summed E-state index contributed by atoms with van der Waals surface area (Å²) in [5.74, 6) is 0.635. The van der Waals surface area contributed by atoms with Crippen molar-refractivity contribution in [3.63, 3.8) is 0 Å². The molecule has 2 rings (SSSR count). The molecule has 0 unspecified atom stereocenters. The Labute approximate surface area is 78.1 Å². The molecule has 0 saturated heterocycles. The minimum absolute atomic E-state index is 0.439. The first-order valence-electron chi connectivity index (χ1n) is 3.46. The summed E-state index contributed by atoms with van der Waals surface area (Å²) in [4.78, 5) is 0. The molecule has 1 fully saturated rings. The van der Waals surface area contributed by atoms with Crippen LogP contribution in [0.15, 0.2) is 10.5 Å². The fourth-order valence-corrected chi connectivity index (χ4v) is 1.35. The monoisotopic (exact) mass is 232 g/mol. The molecule has 0 spiro atoms. The van der Waals surface area contributed by atoms with E-state index in [2.05, 4.69) is 26.1 Å². The lowest BCUT2D eigenvalue weighted by atomic mass is 10.3. The van der Waals surface area contributed by atoms with Crippen LogP contribution >= 0.6 is 27.5 Å². The van der Waals surface area contributed by atoms with Crippen molar-refractivity contribution >= 4 is 27.5 Å². The summed E-state index contributed by atoms with van der Waals surface area (Å²) >= 11 is 8.99. The van der Waals surface area contributed by atoms with Crippen molar-refractivity contribution < 1.29 is 0 Å². The second kappa shape index (κ2) is 2.72. The Hall–Kier alpha value is -0.150. The molecule has 2 nitrogen and oxygen atoms in total. The largest absolute Gasteiger partial charge is 0.165 e. The Morgan fingerprint density at radius 3 is 2.73 bits per heavy atom. The van der Waals surface area contributed by atoms with Crippen molar-refractivity contribution in [2.24, 2.45) is 0 Å². The van der Waals surface area contributed by atoms with Crippen LogP contribution in [0.25, 0.3) is 0 Å². The van der Waals surface area contributed by atoms with Crippen LogP contribution in [0.5, 0.6) is 0 Å². The second-order valence-corrected chi connectivity index (χ2v) is 3.89. The normalized spacial score (nSPS) is 16.9. The minimum atomic E-state index is 0.439. The summed E-state index contributed by atoms with van der Waals surface area (Å²) < 4.78 is 0.844. The standard InChI is InChI=1S/C7H6BrClN2/c8-5-3-6(4-1-2-4)10-11-7(5)9/h3-4H,1-2H2. The Morgan fingerprint density at radius 2 is 2.18 bits per heavy atom. The van der Waals surface area contributed by atoms with Crippen LogP contribution in [0.1, 0.15) is 24.5 Å². The van der Waals surface area contributed by atoms with E-state index in [0.717, 1.165) is 10.2 Å². The highest BCUT2D eigenvalue weighted by molar-refractivity contribution is 9.10. The van der Waals surface area contributed by atoms with Crippen LogP contribution < -0.4 is 0 Å². The van der Waals surface area contributed by atoms with Crippen molar-refractivity contribution in [2.45, 2.75) is 18.8 Å². The molecular weight excluding hydrogens is 227 g/mol. The van der Waals surface area contributed by atoms with Gasteiger partial charge in [0.25, 0.3) is 0 Å². The number of halogens is 2. The van der Waals surface area contributed by atoms with Crippen LogP contribution in [-0.2, 0) is 0 Å². The SMILES string of the molecule is Clc1nnc(C2CC2)cc1Br. The lowest BCUT2D eigenvalue weighted by Crippen LogP contribution is -1.90. The van der Waals surface area contributed by atoms with E-state index in [4.69, 9.17) is 11.6 Å². The maximum atomic E-state index is 5.69. The van der Waals surface area contributed by atoms with E-state index >= 15 is 0 Å². The van der Waals surface area contributed by atoms with Gasteiger partial charge in [-0.05, 0) is 34.8 Å². The molecule has 1 aliphatic rings. The van der Waals surface area contributed by atoms with Gasteiger partial charge in [-0.2, -0.15) is 5.10 Å². The number of nitrogens with zero attached hydrogens (tertiary/aromatic N) is 2. The zero-order valence-electron chi connectivity index (χ0n) is 5.72.